The van der Waals surface area contributed by atoms with E-state index in [-0.39, 0.29) is 48.1 Å². The zero-order valence-electron chi connectivity index (χ0n) is 16.6. The number of amides is 1. The van der Waals surface area contributed by atoms with Crippen molar-refractivity contribution in [2.45, 2.75) is 19.3 Å². The fraction of sp³-hybridized carbons (Fsp3) is 0.300. The van der Waals surface area contributed by atoms with Crippen LogP contribution in [0, 0.1) is 0 Å². The number of aliphatic imine (C=N–C) groups is 1. The normalized spacial score (nSPS) is 11.4. The molecular weight excluding hydrogens is 512 g/mol. The van der Waals surface area contributed by atoms with Gasteiger partial charge in [0.25, 0.3) is 5.91 Å². The van der Waals surface area contributed by atoms with Crippen LogP contribution < -0.4 is 15.8 Å². The summed E-state index contributed by atoms with van der Waals surface area (Å²) >= 11 is 0. The van der Waals surface area contributed by atoms with Crippen molar-refractivity contribution in [3.63, 3.8) is 0 Å². The SMILES string of the molecule is CN(C)C(=O)c1cccc(CCNC(N)=NCc2ccc(OC(F)(F)F)cc2)c1.I. The Labute approximate surface area is 190 Å². The van der Waals surface area contributed by atoms with Gasteiger partial charge in [-0.15, -0.1) is 37.1 Å². The van der Waals surface area contributed by atoms with Gasteiger partial charge in [-0.2, -0.15) is 0 Å². The Morgan fingerprint density at radius 2 is 1.80 bits per heavy atom. The van der Waals surface area contributed by atoms with Crippen molar-refractivity contribution >= 4 is 35.8 Å². The molecule has 0 atom stereocenters. The number of alkyl halides is 3. The van der Waals surface area contributed by atoms with Gasteiger partial charge in [0, 0.05) is 26.2 Å². The number of nitrogens with two attached hydrogens (primary N) is 1. The molecule has 0 spiro atoms. The first-order chi connectivity index (χ1) is 13.6. The summed E-state index contributed by atoms with van der Waals surface area (Å²) in [4.78, 5) is 17.7. The Morgan fingerprint density at radius 3 is 2.40 bits per heavy atom. The lowest BCUT2D eigenvalue weighted by Gasteiger charge is -2.11. The summed E-state index contributed by atoms with van der Waals surface area (Å²) in [6.45, 7) is 0.741. The summed E-state index contributed by atoms with van der Waals surface area (Å²) in [6, 6.07) is 12.8. The van der Waals surface area contributed by atoms with Crippen molar-refractivity contribution in [2.24, 2.45) is 10.7 Å². The zero-order chi connectivity index (χ0) is 21.4. The van der Waals surface area contributed by atoms with E-state index in [1.54, 1.807) is 20.2 Å². The predicted molar refractivity (Wildman–Crippen MR) is 120 cm³/mol. The molecule has 0 aliphatic heterocycles. The molecule has 0 unspecified atom stereocenters. The van der Waals surface area contributed by atoms with Gasteiger partial charge in [-0.1, -0.05) is 24.3 Å². The number of ether oxygens (including phenoxy) is 1. The maximum atomic E-state index is 12.1. The molecule has 2 rings (SSSR count). The third kappa shape index (κ3) is 8.89. The number of carbonyl (C=O) groups is 1. The lowest BCUT2D eigenvalue weighted by atomic mass is 10.1. The van der Waals surface area contributed by atoms with E-state index < -0.39 is 6.36 Å². The van der Waals surface area contributed by atoms with Crippen molar-refractivity contribution in [1.82, 2.24) is 10.2 Å². The summed E-state index contributed by atoms with van der Waals surface area (Å²) in [7, 11) is 3.40. The number of rotatable bonds is 7. The molecule has 0 heterocycles. The average molecular weight is 536 g/mol. The molecule has 0 aromatic heterocycles. The monoisotopic (exact) mass is 536 g/mol. The molecule has 0 aliphatic carbocycles. The van der Waals surface area contributed by atoms with Gasteiger partial charge >= 0.3 is 6.36 Å². The molecule has 0 saturated heterocycles. The van der Waals surface area contributed by atoms with E-state index in [0.29, 0.717) is 24.1 Å². The molecule has 0 saturated carbocycles. The smallest absolute Gasteiger partial charge is 0.406 e. The van der Waals surface area contributed by atoms with Gasteiger partial charge in [-0.3, -0.25) is 4.79 Å². The van der Waals surface area contributed by atoms with Crippen LogP contribution in [0.4, 0.5) is 13.2 Å². The van der Waals surface area contributed by atoms with Gasteiger partial charge in [0.15, 0.2) is 5.96 Å². The predicted octanol–water partition coefficient (Wildman–Crippen LogP) is 3.55. The molecule has 2 aromatic rings. The van der Waals surface area contributed by atoms with Crippen LogP contribution in [-0.2, 0) is 13.0 Å². The van der Waals surface area contributed by atoms with Crippen LogP contribution in [0.1, 0.15) is 21.5 Å². The molecule has 10 heteroatoms. The minimum Gasteiger partial charge on any atom is -0.406 e. The number of hydrogen-bond donors (Lipinski definition) is 2. The first-order valence-corrected chi connectivity index (χ1v) is 8.83. The standard InChI is InChI=1S/C20H23F3N4O2.HI/c1-27(2)18(28)16-5-3-4-14(12-16)10-11-25-19(24)26-13-15-6-8-17(9-7-15)29-20(21,22)23;/h3-9,12H,10-11,13H2,1-2H3,(H3,24,25,26);1H. The lowest BCUT2D eigenvalue weighted by Crippen LogP contribution is -2.33. The average Bonchev–Trinajstić information content (AvgIpc) is 2.66. The van der Waals surface area contributed by atoms with Gasteiger partial charge < -0.3 is 20.7 Å². The van der Waals surface area contributed by atoms with Crippen LogP contribution in [0.5, 0.6) is 5.75 Å². The van der Waals surface area contributed by atoms with Gasteiger partial charge in [-0.05, 0) is 41.8 Å². The first-order valence-electron chi connectivity index (χ1n) is 8.83. The Balaban J connectivity index is 0.00000450. The van der Waals surface area contributed by atoms with Crippen LogP contribution >= 0.6 is 24.0 Å². The number of benzene rings is 2. The van der Waals surface area contributed by atoms with Crippen molar-refractivity contribution in [3.8, 4) is 5.75 Å². The highest BCUT2D eigenvalue weighted by Gasteiger charge is 2.30. The fourth-order valence-electron chi connectivity index (χ4n) is 2.48. The molecule has 164 valence electrons. The lowest BCUT2D eigenvalue weighted by molar-refractivity contribution is -0.274. The van der Waals surface area contributed by atoms with E-state index in [4.69, 9.17) is 5.73 Å². The van der Waals surface area contributed by atoms with Crippen LogP contribution in [0.15, 0.2) is 53.5 Å². The molecule has 3 N–H and O–H groups in total. The third-order valence-corrected chi connectivity index (χ3v) is 3.89. The Bertz CT molecular complexity index is 856. The maximum Gasteiger partial charge on any atom is 0.573 e. The summed E-state index contributed by atoms with van der Waals surface area (Å²) in [5.41, 5.74) is 8.12. The minimum absolute atomic E-state index is 0. The summed E-state index contributed by atoms with van der Waals surface area (Å²) < 4.78 is 40.3. The highest BCUT2D eigenvalue weighted by molar-refractivity contribution is 14.0. The minimum atomic E-state index is -4.71. The molecule has 0 aliphatic rings. The van der Waals surface area contributed by atoms with E-state index >= 15 is 0 Å². The molecular formula is C20H24F3IN4O2. The maximum absolute atomic E-state index is 12.1. The van der Waals surface area contributed by atoms with Crippen LogP contribution in [0.2, 0.25) is 0 Å². The first kappa shape index (κ1) is 25.5. The van der Waals surface area contributed by atoms with Crippen molar-refractivity contribution in [2.75, 3.05) is 20.6 Å². The second-order valence-electron chi connectivity index (χ2n) is 6.47. The number of guanidine groups is 1. The number of carbonyl (C=O) groups excluding carboxylic acids is 1. The van der Waals surface area contributed by atoms with E-state index in [1.165, 1.54) is 29.2 Å². The van der Waals surface area contributed by atoms with Gasteiger partial charge in [-0.25, -0.2) is 4.99 Å². The molecule has 0 radical (unpaired) electrons. The van der Waals surface area contributed by atoms with Crippen LogP contribution in [0.3, 0.4) is 0 Å². The topological polar surface area (TPSA) is 80.0 Å². The van der Waals surface area contributed by atoms with E-state index in [9.17, 15) is 18.0 Å². The van der Waals surface area contributed by atoms with Crippen molar-refractivity contribution in [3.05, 3.63) is 65.2 Å². The quantitative estimate of drug-likeness (QED) is 0.323. The Hall–Kier alpha value is -2.50. The Morgan fingerprint density at radius 1 is 1.13 bits per heavy atom. The number of nitrogens with one attached hydrogen (secondary N) is 1. The summed E-state index contributed by atoms with van der Waals surface area (Å²) in [5, 5.41) is 2.97. The van der Waals surface area contributed by atoms with E-state index in [2.05, 4.69) is 15.0 Å². The second kappa shape index (κ2) is 11.6. The number of hydrogen-bond acceptors (Lipinski definition) is 3. The van der Waals surface area contributed by atoms with Gasteiger partial charge in [0.2, 0.25) is 0 Å². The molecule has 30 heavy (non-hydrogen) atoms. The largest absolute Gasteiger partial charge is 0.573 e. The summed E-state index contributed by atoms with van der Waals surface area (Å²) in [6.07, 6.45) is -4.07. The zero-order valence-corrected chi connectivity index (χ0v) is 18.9. The molecule has 1 amide bonds. The van der Waals surface area contributed by atoms with Gasteiger partial charge in [0.05, 0.1) is 6.54 Å². The van der Waals surface area contributed by atoms with E-state index in [1.807, 2.05) is 18.2 Å². The highest BCUT2D eigenvalue weighted by Crippen LogP contribution is 2.22. The number of nitrogens with zero attached hydrogens (tertiary/aromatic N) is 2. The Kier molecular flexibility index (Phi) is 9.90. The van der Waals surface area contributed by atoms with Crippen LogP contribution in [0.25, 0.3) is 0 Å². The van der Waals surface area contributed by atoms with E-state index in [0.717, 1.165) is 5.56 Å². The fourth-order valence-corrected chi connectivity index (χ4v) is 2.48. The molecule has 2 aromatic carbocycles. The molecule has 0 fully saturated rings. The number of halogens is 4. The summed E-state index contributed by atoms with van der Waals surface area (Å²) in [5.74, 6) is -0.125. The molecule has 0 bridgehead atoms. The van der Waals surface area contributed by atoms with Crippen LogP contribution in [-0.4, -0.2) is 43.8 Å². The van der Waals surface area contributed by atoms with Crippen molar-refractivity contribution in [1.29, 1.82) is 0 Å². The highest BCUT2D eigenvalue weighted by atomic mass is 127. The molecule has 6 nitrogen and oxygen atoms in total. The third-order valence-electron chi connectivity index (χ3n) is 3.89. The van der Waals surface area contributed by atoms with Crippen molar-refractivity contribution < 1.29 is 22.7 Å². The second-order valence-corrected chi connectivity index (χ2v) is 6.47. The van der Waals surface area contributed by atoms with Gasteiger partial charge in [0.1, 0.15) is 5.75 Å².